The van der Waals surface area contributed by atoms with Crippen LogP contribution in [0.4, 0.5) is 14.6 Å². The van der Waals surface area contributed by atoms with Gasteiger partial charge in [-0.1, -0.05) is 11.6 Å². The average Bonchev–Trinajstić information content (AvgIpc) is 2.19. The van der Waals surface area contributed by atoms with Gasteiger partial charge in [-0.05, 0) is 22.0 Å². The first-order chi connectivity index (χ1) is 7.48. The summed E-state index contributed by atoms with van der Waals surface area (Å²) in [5.41, 5.74) is 0. The molecule has 0 radical (unpaired) electrons. The van der Waals surface area contributed by atoms with Crippen LogP contribution in [0, 0.1) is 0 Å². The Morgan fingerprint density at radius 3 is 2.56 bits per heavy atom. The van der Waals surface area contributed by atoms with Crippen LogP contribution in [0.1, 0.15) is 12.8 Å². The molecular weight excluding hydrogens is 301 g/mol. The molecule has 0 bridgehead atoms. The Morgan fingerprint density at radius 1 is 1.38 bits per heavy atom. The highest BCUT2D eigenvalue weighted by Crippen LogP contribution is 2.33. The van der Waals surface area contributed by atoms with Crippen LogP contribution in [-0.4, -0.2) is 24.0 Å². The summed E-state index contributed by atoms with van der Waals surface area (Å²) in [7, 11) is 0. The zero-order chi connectivity index (χ0) is 11.8. The van der Waals surface area contributed by atoms with Crippen LogP contribution in [0.15, 0.2) is 16.7 Å². The third-order valence-electron chi connectivity index (χ3n) is 2.58. The molecule has 1 aromatic heterocycles. The zero-order valence-electron chi connectivity index (χ0n) is 8.39. The van der Waals surface area contributed by atoms with Crippen LogP contribution >= 0.6 is 27.5 Å². The first-order valence-corrected chi connectivity index (χ1v) is 6.09. The fourth-order valence-corrected chi connectivity index (χ4v) is 2.43. The van der Waals surface area contributed by atoms with Gasteiger partial charge in [0.2, 0.25) is 0 Å². The van der Waals surface area contributed by atoms with Gasteiger partial charge in [0.25, 0.3) is 5.92 Å². The molecule has 0 aliphatic carbocycles. The van der Waals surface area contributed by atoms with Crippen LogP contribution < -0.4 is 4.90 Å². The number of rotatable bonds is 1. The molecule has 0 spiro atoms. The molecule has 2 rings (SSSR count). The quantitative estimate of drug-likeness (QED) is 0.785. The van der Waals surface area contributed by atoms with Crippen molar-refractivity contribution in [1.29, 1.82) is 0 Å². The number of halogens is 4. The second-order valence-corrected chi connectivity index (χ2v) is 5.12. The standard InChI is InChI=1S/C10H10BrClF2N2/c11-7-5-8(12)9(15-6-7)16-3-1-10(13,14)2-4-16/h5-6H,1-4H2. The highest BCUT2D eigenvalue weighted by molar-refractivity contribution is 9.10. The lowest BCUT2D eigenvalue weighted by Crippen LogP contribution is -2.39. The molecule has 1 saturated heterocycles. The molecule has 1 aliphatic heterocycles. The fourth-order valence-electron chi connectivity index (χ4n) is 1.69. The van der Waals surface area contributed by atoms with E-state index in [0.717, 1.165) is 4.47 Å². The van der Waals surface area contributed by atoms with Crippen molar-refractivity contribution in [3.05, 3.63) is 21.8 Å². The number of nitrogens with zero attached hydrogens (tertiary/aromatic N) is 2. The van der Waals surface area contributed by atoms with Crippen molar-refractivity contribution >= 4 is 33.3 Å². The molecule has 2 nitrogen and oxygen atoms in total. The maximum Gasteiger partial charge on any atom is 0.251 e. The first kappa shape index (κ1) is 12.0. The van der Waals surface area contributed by atoms with Crippen molar-refractivity contribution in [3.8, 4) is 0 Å². The van der Waals surface area contributed by atoms with Gasteiger partial charge < -0.3 is 4.90 Å². The number of aromatic nitrogens is 1. The third-order valence-corrected chi connectivity index (χ3v) is 3.29. The second-order valence-electron chi connectivity index (χ2n) is 3.80. The molecule has 0 atom stereocenters. The minimum Gasteiger partial charge on any atom is -0.355 e. The Labute approximate surface area is 106 Å². The molecule has 0 N–H and O–H groups in total. The van der Waals surface area contributed by atoms with E-state index >= 15 is 0 Å². The van der Waals surface area contributed by atoms with Gasteiger partial charge in [-0.15, -0.1) is 0 Å². The lowest BCUT2D eigenvalue weighted by Gasteiger charge is -2.32. The molecule has 1 aromatic rings. The summed E-state index contributed by atoms with van der Waals surface area (Å²) >= 11 is 9.27. The summed E-state index contributed by atoms with van der Waals surface area (Å²) in [6.45, 7) is 0.586. The van der Waals surface area contributed by atoms with E-state index in [4.69, 9.17) is 11.6 Å². The summed E-state index contributed by atoms with van der Waals surface area (Å²) in [6.07, 6.45) is 1.34. The van der Waals surface area contributed by atoms with Gasteiger partial charge in [0.05, 0.1) is 5.02 Å². The van der Waals surface area contributed by atoms with Crippen LogP contribution in [0.3, 0.4) is 0 Å². The molecule has 0 amide bonds. The van der Waals surface area contributed by atoms with Crippen molar-refractivity contribution in [2.24, 2.45) is 0 Å². The molecule has 1 fully saturated rings. The summed E-state index contributed by atoms with van der Waals surface area (Å²) < 4.78 is 26.7. The maximum atomic E-state index is 13.0. The molecular formula is C10H10BrClF2N2. The van der Waals surface area contributed by atoms with Crippen molar-refractivity contribution < 1.29 is 8.78 Å². The van der Waals surface area contributed by atoms with Crippen LogP contribution in [0.2, 0.25) is 5.02 Å². The summed E-state index contributed by atoms with van der Waals surface area (Å²) in [4.78, 5) is 5.95. The van der Waals surface area contributed by atoms with Crippen LogP contribution in [0.25, 0.3) is 0 Å². The number of pyridine rings is 1. The van der Waals surface area contributed by atoms with Gasteiger partial charge in [-0.25, -0.2) is 13.8 Å². The lowest BCUT2D eigenvalue weighted by molar-refractivity contribution is -0.0221. The monoisotopic (exact) mass is 310 g/mol. The normalized spacial score (nSPS) is 19.9. The zero-order valence-corrected chi connectivity index (χ0v) is 10.7. The van der Waals surface area contributed by atoms with Gasteiger partial charge in [0.15, 0.2) is 0 Å². The van der Waals surface area contributed by atoms with E-state index < -0.39 is 5.92 Å². The van der Waals surface area contributed by atoms with Crippen LogP contribution in [0.5, 0.6) is 0 Å². The Bertz CT molecular complexity index is 390. The highest BCUT2D eigenvalue weighted by atomic mass is 79.9. The van der Waals surface area contributed by atoms with Gasteiger partial charge >= 0.3 is 0 Å². The van der Waals surface area contributed by atoms with Crippen molar-refractivity contribution in [3.63, 3.8) is 0 Å². The van der Waals surface area contributed by atoms with Gasteiger partial charge in [0.1, 0.15) is 5.82 Å². The van der Waals surface area contributed by atoms with Crippen molar-refractivity contribution in [2.75, 3.05) is 18.0 Å². The lowest BCUT2D eigenvalue weighted by atomic mass is 10.1. The number of hydrogen-bond acceptors (Lipinski definition) is 2. The Kier molecular flexibility index (Phi) is 3.35. The van der Waals surface area contributed by atoms with E-state index in [1.807, 2.05) is 0 Å². The number of piperidine rings is 1. The fraction of sp³-hybridized carbons (Fsp3) is 0.500. The Hall–Kier alpha value is -0.420. The predicted octanol–water partition coefficient (Wildman–Crippen LogP) is 3.73. The molecule has 88 valence electrons. The summed E-state index contributed by atoms with van der Waals surface area (Å²) in [5.74, 6) is -1.96. The predicted molar refractivity (Wildman–Crippen MR) is 63.3 cm³/mol. The number of alkyl halides is 2. The molecule has 1 aliphatic rings. The van der Waals surface area contributed by atoms with E-state index in [2.05, 4.69) is 20.9 Å². The van der Waals surface area contributed by atoms with E-state index in [0.29, 0.717) is 23.9 Å². The SMILES string of the molecule is FC1(F)CCN(c2ncc(Br)cc2Cl)CC1. The van der Waals surface area contributed by atoms with Crippen molar-refractivity contribution in [1.82, 2.24) is 4.98 Å². The minimum atomic E-state index is -2.54. The Balaban J connectivity index is 2.14. The Morgan fingerprint density at radius 2 is 2.00 bits per heavy atom. The molecule has 0 aromatic carbocycles. The number of hydrogen-bond donors (Lipinski definition) is 0. The topological polar surface area (TPSA) is 16.1 Å². The van der Waals surface area contributed by atoms with Gasteiger partial charge in [-0.3, -0.25) is 0 Å². The second kappa shape index (κ2) is 4.45. The highest BCUT2D eigenvalue weighted by Gasteiger charge is 2.34. The largest absolute Gasteiger partial charge is 0.355 e. The first-order valence-electron chi connectivity index (χ1n) is 4.92. The number of anilines is 1. The third kappa shape index (κ3) is 2.63. The summed E-state index contributed by atoms with van der Waals surface area (Å²) in [6, 6.07) is 1.72. The molecule has 6 heteroatoms. The van der Waals surface area contributed by atoms with Gasteiger partial charge in [-0.2, -0.15) is 0 Å². The molecule has 0 saturated carbocycles. The van der Waals surface area contributed by atoms with E-state index in [9.17, 15) is 8.78 Å². The van der Waals surface area contributed by atoms with E-state index in [1.54, 1.807) is 17.2 Å². The molecule has 16 heavy (non-hydrogen) atoms. The van der Waals surface area contributed by atoms with Crippen LogP contribution in [-0.2, 0) is 0 Å². The summed E-state index contributed by atoms with van der Waals surface area (Å²) in [5, 5.41) is 0.486. The van der Waals surface area contributed by atoms with Gasteiger partial charge in [0, 0.05) is 36.6 Å². The average molecular weight is 312 g/mol. The van der Waals surface area contributed by atoms with E-state index in [-0.39, 0.29) is 12.8 Å². The maximum absolute atomic E-state index is 13.0. The van der Waals surface area contributed by atoms with Crippen molar-refractivity contribution in [2.45, 2.75) is 18.8 Å². The van der Waals surface area contributed by atoms with E-state index in [1.165, 1.54) is 0 Å². The smallest absolute Gasteiger partial charge is 0.251 e. The molecule has 0 unspecified atom stereocenters. The molecule has 2 heterocycles. The minimum absolute atomic E-state index is 0.138.